The lowest BCUT2D eigenvalue weighted by atomic mass is 10.0. The SMILES string of the molecule is CC(C=O)c1cc(S)cc(C(F)F)c1. The molecule has 0 spiro atoms. The largest absolute Gasteiger partial charge is 0.303 e. The fourth-order valence-corrected chi connectivity index (χ4v) is 1.42. The van der Waals surface area contributed by atoms with Crippen LogP contribution >= 0.6 is 12.6 Å². The summed E-state index contributed by atoms with van der Waals surface area (Å²) in [4.78, 5) is 10.9. The minimum Gasteiger partial charge on any atom is -0.303 e. The number of thiol groups is 1. The Bertz CT molecular complexity index is 339. The van der Waals surface area contributed by atoms with E-state index in [9.17, 15) is 13.6 Å². The van der Waals surface area contributed by atoms with Crippen LogP contribution in [0.15, 0.2) is 23.1 Å². The second-order valence-electron chi connectivity index (χ2n) is 3.08. The molecule has 0 fully saturated rings. The van der Waals surface area contributed by atoms with Crippen LogP contribution < -0.4 is 0 Å². The molecule has 0 bridgehead atoms. The molecule has 0 saturated heterocycles. The minimum absolute atomic E-state index is 0.0961. The van der Waals surface area contributed by atoms with Gasteiger partial charge >= 0.3 is 0 Å². The van der Waals surface area contributed by atoms with E-state index in [0.29, 0.717) is 10.5 Å². The third-order valence-corrected chi connectivity index (χ3v) is 2.20. The molecular weight excluding hydrogens is 206 g/mol. The fourth-order valence-electron chi connectivity index (χ4n) is 1.13. The number of alkyl halides is 2. The van der Waals surface area contributed by atoms with Gasteiger partial charge in [0.05, 0.1) is 0 Å². The van der Waals surface area contributed by atoms with Crippen LogP contribution in [0, 0.1) is 0 Å². The van der Waals surface area contributed by atoms with Crippen molar-refractivity contribution in [1.29, 1.82) is 0 Å². The number of benzene rings is 1. The standard InChI is InChI=1S/C10H10F2OS/c1-6(5-13)7-2-8(10(11)12)4-9(14)3-7/h2-6,10,14H,1H3. The molecule has 1 unspecified atom stereocenters. The van der Waals surface area contributed by atoms with Gasteiger partial charge in [-0.2, -0.15) is 0 Å². The van der Waals surface area contributed by atoms with Gasteiger partial charge in [0.15, 0.2) is 0 Å². The highest BCUT2D eigenvalue weighted by molar-refractivity contribution is 7.80. The molecule has 1 atom stereocenters. The first-order valence-corrected chi connectivity index (χ1v) is 4.56. The van der Waals surface area contributed by atoms with Crippen molar-refractivity contribution in [3.8, 4) is 0 Å². The Morgan fingerprint density at radius 3 is 2.36 bits per heavy atom. The molecule has 0 heterocycles. The van der Waals surface area contributed by atoms with Crippen molar-refractivity contribution in [2.24, 2.45) is 0 Å². The Kier molecular flexibility index (Phi) is 3.63. The molecule has 0 amide bonds. The van der Waals surface area contributed by atoms with Crippen LogP contribution in [0.2, 0.25) is 0 Å². The lowest BCUT2D eigenvalue weighted by molar-refractivity contribution is -0.108. The minimum atomic E-state index is -2.53. The summed E-state index contributed by atoms with van der Waals surface area (Å²) in [5, 5.41) is 0. The van der Waals surface area contributed by atoms with Gasteiger partial charge in [-0.1, -0.05) is 6.92 Å². The van der Waals surface area contributed by atoms with Gasteiger partial charge in [0.25, 0.3) is 6.43 Å². The van der Waals surface area contributed by atoms with Crippen molar-refractivity contribution in [2.75, 3.05) is 0 Å². The molecule has 0 radical (unpaired) electrons. The predicted octanol–water partition coefficient (Wildman–Crippen LogP) is 3.22. The quantitative estimate of drug-likeness (QED) is 0.606. The highest BCUT2D eigenvalue weighted by atomic mass is 32.1. The van der Waals surface area contributed by atoms with E-state index in [-0.39, 0.29) is 11.5 Å². The Morgan fingerprint density at radius 1 is 1.29 bits per heavy atom. The summed E-state index contributed by atoms with van der Waals surface area (Å²) in [6, 6.07) is 4.26. The monoisotopic (exact) mass is 216 g/mol. The average Bonchev–Trinajstić information content (AvgIpc) is 2.15. The van der Waals surface area contributed by atoms with Crippen LogP contribution in [0.5, 0.6) is 0 Å². The van der Waals surface area contributed by atoms with Gasteiger partial charge in [0, 0.05) is 16.4 Å². The summed E-state index contributed by atoms with van der Waals surface area (Å²) >= 11 is 4.00. The van der Waals surface area contributed by atoms with Crippen LogP contribution in [0.1, 0.15) is 30.4 Å². The van der Waals surface area contributed by atoms with E-state index < -0.39 is 6.43 Å². The number of rotatable bonds is 3. The summed E-state index contributed by atoms with van der Waals surface area (Å²) in [6.45, 7) is 1.66. The maximum atomic E-state index is 12.4. The van der Waals surface area contributed by atoms with E-state index in [4.69, 9.17) is 0 Å². The lowest BCUT2D eigenvalue weighted by Gasteiger charge is -2.08. The average molecular weight is 216 g/mol. The summed E-state index contributed by atoms with van der Waals surface area (Å²) in [6.07, 6.45) is -1.81. The van der Waals surface area contributed by atoms with E-state index in [0.717, 1.165) is 6.29 Å². The van der Waals surface area contributed by atoms with Crippen LogP contribution in [-0.4, -0.2) is 6.29 Å². The van der Waals surface area contributed by atoms with Crippen LogP contribution in [0.3, 0.4) is 0 Å². The topological polar surface area (TPSA) is 17.1 Å². The van der Waals surface area contributed by atoms with E-state index in [2.05, 4.69) is 12.6 Å². The third kappa shape index (κ3) is 2.54. The molecule has 0 aromatic heterocycles. The van der Waals surface area contributed by atoms with Crippen molar-refractivity contribution in [3.63, 3.8) is 0 Å². The first-order chi connectivity index (χ1) is 6.54. The van der Waals surface area contributed by atoms with Crippen LogP contribution in [0.4, 0.5) is 8.78 Å². The first-order valence-electron chi connectivity index (χ1n) is 4.12. The third-order valence-electron chi connectivity index (χ3n) is 1.94. The molecule has 0 aliphatic carbocycles. The zero-order valence-corrected chi connectivity index (χ0v) is 8.47. The Hall–Kier alpha value is -0.900. The predicted molar refractivity (Wildman–Crippen MR) is 53.1 cm³/mol. The molecular formula is C10H10F2OS. The molecule has 1 aromatic carbocycles. The molecule has 76 valence electrons. The summed E-state index contributed by atoms with van der Waals surface area (Å²) < 4.78 is 24.7. The zero-order valence-electron chi connectivity index (χ0n) is 7.58. The number of hydrogen-bond donors (Lipinski definition) is 1. The molecule has 0 aliphatic rings. The Balaban J connectivity index is 3.13. The Labute approximate surface area is 86.5 Å². The number of carbonyl (C=O) groups is 1. The van der Waals surface area contributed by atoms with Gasteiger partial charge in [0.2, 0.25) is 0 Å². The number of hydrogen-bond acceptors (Lipinski definition) is 2. The number of aldehydes is 1. The zero-order chi connectivity index (χ0) is 10.7. The molecule has 1 rings (SSSR count). The van der Waals surface area contributed by atoms with Crippen molar-refractivity contribution in [1.82, 2.24) is 0 Å². The first kappa shape index (κ1) is 11.2. The summed E-state index contributed by atoms with van der Waals surface area (Å²) in [5.41, 5.74) is 0.476. The van der Waals surface area contributed by atoms with E-state index in [1.165, 1.54) is 12.1 Å². The molecule has 14 heavy (non-hydrogen) atoms. The maximum Gasteiger partial charge on any atom is 0.263 e. The summed E-state index contributed by atoms with van der Waals surface area (Å²) in [7, 11) is 0. The highest BCUT2D eigenvalue weighted by Gasteiger charge is 2.11. The van der Waals surface area contributed by atoms with Crippen molar-refractivity contribution >= 4 is 18.9 Å². The fraction of sp³-hybridized carbons (Fsp3) is 0.300. The van der Waals surface area contributed by atoms with Crippen molar-refractivity contribution in [2.45, 2.75) is 24.2 Å². The maximum absolute atomic E-state index is 12.4. The number of carbonyl (C=O) groups excluding carboxylic acids is 1. The van der Waals surface area contributed by atoms with Crippen LogP contribution in [-0.2, 0) is 4.79 Å². The highest BCUT2D eigenvalue weighted by Crippen LogP contribution is 2.26. The van der Waals surface area contributed by atoms with Crippen molar-refractivity contribution < 1.29 is 13.6 Å². The van der Waals surface area contributed by atoms with Gasteiger partial charge in [-0.05, 0) is 23.8 Å². The molecule has 4 heteroatoms. The van der Waals surface area contributed by atoms with Gasteiger partial charge in [0.1, 0.15) is 6.29 Å². The van der Waals surface area contributed by atoms with Crippen molar-refractivity contribution in [3.05, 3.63) is 29.3 Å². The van der Waals surface area contributed by atoms with Gasteiger partial charge in [-0.15, -0.1) is 12.6 Å². The molecule has 0 N–H and O–H groups in total. The van der Waals surface area contributed by atoms with Gasteiger partial charge < -0.3 is 4.79 Å². The van der Waals surface area contributed by atoms with E-state index in [1.54, 1.807) is 13.0 Å². The molecule has 0 aliphatic heterocycles. The lowest BCUT2D eigenvalue weighted by Crippen LogP contribution is -1.96. The molecule has 1 aromatic rings. The van der Waals surface area contributed by atoms with Gasteiger partial charge in [-0.3, -0.25) is 0 Å². The smallest absolute Gasteiger partial charge is 0.263 e. The second-order valence-corrected chi connectivity index (χ2v) is 3.60. The van der Waals surface area contributed by atoms with E-state index >= 15 is 0 Å². The molecule has 0 saturated carbocycles. The Morgan fingerprint density at radius 2 is 1.86 bits per heavy atom. The number of halogens is 2. The summed E-state index contributed by atoms with van der Waals surface area (Å²) in [5.74, 6) is -0.375. The van der Waals surface area contributed by atoms with Gasteiger partial charge in [-0.25, -0.2) is 8.78 Å². The molecule has 1 nitrogen and oxygen atoms in total. The second kappa shape index (κ2) is 4.55. The van der Waals surface area contributed by atoms with Crippen LogP contribution in [0.25, 0.3) is 0 Å². The normalized spacial score (nSPS) is 12.9. The van der Waals surface area contributed by atoms with E-state index in [1.807, 2.05) is 0 Å².